The third-order valence-corrected chi connectivity index (χ3v) is 3.65. The van der Waals surface area contributed by atoms with Crippen molar-refractivity contribution in [2.45, 2.75) is 33.3 Å². The van der Waals surface area contributed by atoms with Crippen molar-refractivity contribution in [3.63, 3.8) is 0 Å². The summed E-state index contributed by atoms with van der Waals surface area (Å²) in [5.41, 5.74) is 1.59. The van der Waals surface area contributed by atoms with Gasteiger partial charge in [-0.25, -0.2) is 0 Å². The maximum atomic E-state index is 12.1. The minimum atomic E-state index is -0.114. The van der Waals surface area contributed by atoms with Crippen LogP contribution in [0.5, 0.6) is 11.5 Å². The van der Waals surface area contributed by atoms with E-state index in [1.54, 1.807) is 0 Å². The Morgan fingerprint density at radius 2 is 1.80 bits per heavy atom. The first-order chi connectivity index (χ1) is 12.1. The van der Waals surface area contributed by atoms with Gasteiger partial charge in [-0.15, -0.1) is 0 Å². The Labute approximate surface area is 149 Å². The van der Waals surface area contributed by atoms with Gasteiger partial charge in [-0.2, -0.15) is 0 Å². The van der Waals surface area contributed by atoms with Crippen molar-refractivity contribution >= 4 is 17.3 Å². The number of amides is 1. The molecule has 0 heterocycles. The molecule has 5 nitrogen and oxygen atoms in total. The smallest absolute Gasteiger partial charge is 0.243 e. The van der Waals surface area contributed by atoms with Crippen LogP contribution in [0.2, 0.25) is 0 Å². The Hall–Kier alpha value is -2.69. The summed E-state index contributed by atoms with van der Waals surface area (Å²) in [6.45, 7) is 6.84. The first-order valence-electron chi connectivity index (χ1n) is 8.64. The molecule has 0 radical (unpaired) electrons. The Morgan fingerprint density at radius 1 is 1.04 bits per heavy atom. The summed E-state index contributed by atoms with van der Waals surface area (Å²) >= 11 is 0. The normalized spacial score (nSPS) is 11.5. The topological polar surface area (TPSA) is 59.6 Å². The minimum absolute atomic E-state index is 0.114. The van der Waals surface area contributed by atoms with E-state index in [1.807, 2.05) is 62.4 Å². The fourth-order valence-electron chi connectivity index (χ4n) is 2.18. The molecule has 0 spiro atoms. The first kappa shape index (κ1) is 18.6. The van der Waals surface area contributed by atoms with Crippen LogP contribution in [-0.4, -0.2) is 25.2 Å². The van der Waals surface area contributed by atoms with Crippen molar-refractivity contribution in [3.8, 4) is 11.5 Å². The molecule has 1 amide bonds. The lowest BCUT2D eigenvalue weighted by molar-refractivity contribution is -0.114. The second kappa shape index (κ2) is 9.57. The van der Waals surface area contributed by atoms with Crippen LogP contribution in [0.4, 0.5) is 11.4 Å². The lowest BCUT2D eigenvalue weighted by atomic mass is 10.2. The molecule has 1 atom stereocenters. The molecular formula is C20H26N2O3. The maximum Gasteiger partial charge on any atom is 0.243 e. The van der Waals surface area contributed by atoms with E-state index in [0.717, 1.165) is 29.3 Å². The third kappa shape index (κ3) is 6.37. The van der Waals surface area contributed by atoms with Gasteiger partial charge >= 0.3 is 0 Å². The number of benzene rings is 2. The van der Waals surface area contributed by atoms with Gasteiger partial charge in [-0.3, -0.25) is 4.79 Å². The summed E-state index contributed by atoms with van der Waals surface area (Å²) in [5.74, 6) is 1.47. The van der Waals surface area contributed by atoms with E-state index in [4.69, 9.17) is 9.47 Å². The molecular weight excluding hydrogens is 316 g/mol. The second-order valence-corrected chi connectivity index (χ2v) is 5.72. The summed E-state index contributed by atoms with van der Waals surface area (Å²) in [6, 6.07) is 15.0. The van der Waals surface area contributed by atoms with Gasteiger partial charge in [0.2, 0.25) is 5.91 Å². The van der Waals surface area contributed by atoms with Crippen molar-refractivity contribution in [3.05, 3.63) is 48.5 Å². The molecule has 1 unspecified atom stereocenters. The lowest BCUT2D eigenvalue weighted by Crippen LogP contribution is -2.21. The van der Waals surface area contributed by atoms with Gasteiger partial charge in [0.15, 0.2) is 0 Å². The first-order valence-corrected chi connectivity index (χ1v) is 8.64. The van der Waals surface area contributed by atoms with E-state index in [9.17, 15) is 4.79 Å². The van der Waals surface area contributed by atoms with Crippen molar-refractivity contribution in [1.29, 1.82) is 0 Å². The highest BCUT2D eigenvalue weighted by molar-refractivity contribution is 5.93. The van der Waals surface area contributed by atoms with Crippen LogP contribution in [0.3, 0.4) is 0 Å². The van der Waals surface area contributed by atoms with Crippen LogP contribution in [0.15, 0.2) is 48.5 Å². The van der Waals surface area contributed by atoms with Crippen LogP contribution in [-0.2, 0) is 4.79 Å². The Morgan fingerprint density at radius 3 is 2.48 bits per heavy atom. The number of carbonyl (C=O) groups excluding carboxylic acids is 1. The predicted octanol–water partition coefficient (Wildman–Crippen LogP) is 4.31. The molecule has 0 fully saturated rings. The minimum Gasteiger partial charge on any atom is -0.494 e. The fourth-order valence-corrected chi connectivity index (χ4v) is 2.18. The van der Waals surface area contributed by atoms with E-state index in [-0.39, 0.29) is 18.6 Å². The highest BCUT2D eigenvalue weighted by Gasteiger charge is 2.05. The van der Waals surface area contributed by atoms with E-state index in [1.165, 1.54) is 0 Å². The molecule has 2 rings (SSSR count). The average Bonchev–Trinajstić information content (AvgIpc) is 2.62. The highest BCUT2D eigenvalue weighted by atomic mass is 16.5. The van der Waals surface area contributed by atoms with Crippen LogP contribution in [0.25, 0.3) is 0 Å². The summed E-state index contributed by atoms with van der Waals surface area (Å²) in [6.07, 6.45) is 1.13. The number of ether oxygens (including phenoxy) is 2. The summed E-state index contributed by atoms with van der Waals surface area (Å²) in [7, 11) is 0. The lowest BCUT2D eigenvalue weighted by Gasteiger charge is -2.13. The van der Waals surface area contributed by atoms with E-state index in [0.29, 0.717) is 6.61 Å². The average molecular weight is 342 g/mol. The van der Waals surface area contributed by atoms with Gasteiger partial charge in [-0.1, -0.05) is 13.0 Å². The standard InChI is InChI=1S/C20H26N2O3/c1-4-15(3)25-18-11-9-16(10-12-18)22-20(23)14-21-17-7-6-8-19(13-17)24-5-2/h6-13,15,21H,4-5,14H2,1-3H3,(H,22,23). The molecule has 25 heavy (non-hydrogen) atoms. The fraction of sp³-hybridized carbons (Fsp3) is 0.350. The Kier molecular flexibility index (Phi) is 7.14. The molecule has 0 aliphatic heterocycles. The van der Waals surface area contributed by atoms with Crippen molar-refractivity contribution in [1.82, 2.24) is 0 Å². The number of hydrogen-bond acceptors (Lipinski definition) is 4. The van der Waals surface area contributed by atoms with Gasteiger partial charge in [-0.05, 0) is 56.7 Å². The van der Waals surface area contributed by atoms with Gasteiger partial charge in [0.25, 0.3) is 0 Å². The van der Waals surface area contributed by atoms with E-state index >= 15 is 0 Å². The van der Waals surface area contributed by atoms with Crippen LogP contribution in [0.1, 0.15) is 27.2 Å². The van der Waals surface area contributed by atoms with E-state index < -0.39 is 0 Å². The molecule has 2 N–H and O–H groups in total. The Balaban J connectivity index is 1.82. The zero-order valence-electron chi connectivity index (χ0n) is 15.0. The van der Waals surface area contributed by atoms with Crippen LogP contribution in [0, 0.1) is 0 Å². The highest BCUT2D eigenvalue weighted by Crippen LogP contribution is 2.19. The largest absolute Gasteiger partial charge is 0.494 e. The SMILES string of the molecule is CCOc1cccc(NCC(=O)Nc2ccc(OC(C)CC)cc2)c1. The second-order valence-electron chi connectivity index (χ2n) is 5.72. The number of nitrogens with one attached hydrogen (secondary N) is 2. The van der Waals surface area contributed by atoms with Crippen LogP contribution < -0.4 is 20.1 Å². The predicted molar refractivity (Wildman–Crippen MR) is 102 cm³/mol. The molecule has 0 saturated heterocycles. The zero-order chi connectivity index (χ0) is 18.1. The molecule has 2 aromatic carbocycles. The quantitative estimate of drug-likeness (QED) is 0.713. The summed E-state index contributed by atoms with van der Waals surface area (Å²) < 4.78 is 11.2. The summed E-state index contributed by atoms with van der Waals surface area (Å²) in [5, 5.41) is 5.95. The molecule has 0 aromatic heterocycles. The van der Waals surface area contributed by atoms with Crippen molar-refractivity contribution in [2.24, 2.45) is 0 Å². The van der Waals surface area contributed by atoms with Crippen molar-refractivity contribution < 1.29 is 14.3 Å². The number of rotatable bonds is 9. The van der Waals surface area contributed by atoms with Crippen LogP contribution >= 0.6 is 0 Å². The zero-order valence-corrected chi connectivity index (χ0v) is 15.0. The number of hydrogen-bond donors (Lipinski definition) is 2. The molecule has 5 heteroatoms. The number of carbonyl (C=O) groups is 1. The Bertz CT molecular complexity index is 671. The van der Waals surface area contributed by atoms with Gasteiger partial charge < -0.3 is 20.1 Å². The van der Waals surface area contributed by atoms with Gasteiger partial charge in [0.1, 0.15) is 11.5 Å². The summed E-state index contributed by atoms with van der Waals surface area (Å²) in [4.78, 5) is 12.1. The molecule has 0 aliphatic rings. The monoisotopic (exact) mass is 342 g/mol. The van der Waals surface area contributed by atoms with Crippen molar-refractivity contribution in [2.75, 3.05) is 23.8 Å². The van der Waals surface area contributed by atoms with Gasteiger partial charge in [0.05, 0.1) is 19.3 Å². The molecule has 134 valence electrons. The third-order valence-electron chi connectivity index (χ3n) is 3.65. The molecule has 0 bridgehead atoms. The van der Waals surface area contributed by atoms with Gasteiger partial charge in [0, 0.05) is 17.4 Å². The molecule has 0 saturated carbocycles. The maximum absolute atomic E-state index is 12.1. The molecule has 0 aliphatic carbocycles. The number of anilines is 2. The molecule has 2 aromatic rings. The van der Waals surface area contributed by atoms with E-state index in [2.05, 4.69) is 17.6 Å².